The van der Waals surface area contributed by atoms with Gasteiger partial charge in [0.1, 0.15) is 0 Å². The van der Waals surface area contributed by atoms with E-state index in [1.54, 1.807) is 6.07 Å². The zero-order valence-electron chi connectivity index (χ0n) is 9.64. The smallest absolute Gasteiger partial charge is 0.328 e. The van der Waals surface area contributed by atoms with Crippen LogP contribution in [0.25, 0.3) is 0 Å². The van der Waals surface area contributed by atoms with Gasteiger partial charge in [-0.1, -0.05) is 6.07 Å². The zero-order chi connectivity index (χ0) is 13.1. The van der Waals surface area contributed by atoms with Crippen molar-refractivity contribution in [1.29, 1.82) is 0 Å². The van der Waals surface area contributed by atoms with Crippen molar-refractivity contribution in [2.24, 2.45) is 0 Å². The van der Waals surface area contributed by atoms with Crippen molar-refractivity contribution in [2.45, 2.75) is 6.54 Å². The first kappa shape index (κ1) is 12.1. The third kappa shape index (κ3) is 2.48. The van der Waals surface area contributed by atoms with Crippen molar-refractivity contribution in [3.05, 3.63) is 62.7 Å². The first-order valence-electron chi connectivity index (χ1n) is 5.22. The number of hydrogen-bond donors (Lipinski definition) is 1. The average Bonchev–Trinajstić information content (AvgIpc) is 2.33. The number of nitrogens with one attached hydrogen (secondary N) is 1. The number of ether oxygens (including phenoxy) is 1. The number of aromatic amines is 1. The molecule has 6 heteroatoms. The highest BCUT2D eigenvalue weighted by Crippen LogP contribution is 2.17. The number of benzene rings is 1. The van der Waals surface area contributed by atoms with Crippen LogP contribution in [0.2, 0.25) is 0 Å². The minimum Gasteiger partial charge on any atom is -0.494 e. The van der Waals surface area contributed by atoms with Crippen LogP contribution in [0.15, 0.2) is 40.1 Å². The van der Waals surface area contributed by atoms with Gasteiger partial charge in [-0.3, -0.25) is 14.3 Å². The van der Waals surface area contributed by atoms with E-state index in [2.05, 4.69) is 4.98 Å². The second-order valence-electron chi connectivity index (χ2n) is 3.71. The number of aromatic nitrogens is 2. The Hall–Kier alpha value is -2.37. The summed E-state index contributed by atoms with van der Waals surface area (Å²) in [5.41, 5.74) is -0.390. The summed E-state index contributed by atoms with van der Waals surface area (Å²) in [6.07, 6.45) is 1.36. The van der Waals surface area contributed by atoms with Crippen molar-refractivity contribution in [1.82, 2.24) is 9.55 Å². The van der Waals surface area contributed by atoms with Gasteiger partial charge in [-0.05, 0) is 17.7 Å². The van der Waals surface area contributed by atoms with Gasteiger partial charge in [0, 0.05) is 12.3 Å². The molecule has 0 amide bonds. The summed E-state index contributed by atoms with van der Waals surface area (Å²) >= 11 is 0. The van der Waals surface area contributed by atoms with Crippen LogP contribution in [0.1, 0.15) is 5.56 Å². The molecule has 1 aromatic heterocycles. The van der Waals surface area contributed by atoms with Crippen LogP contribution in [-0.2, 0) is 6.54 Å². The fourth-order valence-corrected chi connectivity index (χ4v) is 1.57. The minimum atomic E-state index is -0.529. The summed E-state index contributed by atoms with van der Waals surface area (Å²) in [5, 5.41) is 0. The van der Waals surface area contributed by atoms with E-state index in [0.717, 1.165) is 0 Å². The fraction of sp³-hybridized carbons (Fsp3) is 0.167. The van der Waals surface area contributed by atoms with E-state index in [0.29, 0.717) is 5.56 Å². The predicted molar refractivity (Wildman–Crippen MR) is 63.4 cm³/mol. The van der Waals surface area contributed by atoms with Gasteiger partial charge in [0.15, 0.2) is 11.6 Å². The lowest BCUT2D eigenvalue weighted by Crippen LogP contribution is -2.28. The average molecular weight is 250 g/mol. The lowest BCUT2D eigenvalue weighted by Gasteiger charge is -2.07. The van der Waals surface area contributed by atoms with Gasteiger partial charge in [0.05, 0.1) is 13.7 Å². The summed E-state index contributed by atoms with van der Waals surface area (Å²) in [6, 6.07) is 5.67. The highest BCUT2D eigenvalue weighted by atomic mass is 19.1. The van der Waals surface area contributed by atoms with E-state index in [1.165, 1.54) is 36.1 Å². The number of methoxy groups -OCH3 is 1. The molecule has 0 saturated carbocycles. The topological polar surface area (TPSA) is 64.1 Å². The van der Waals surface area contributed by atoms with Crippen molar-refractivity contribution < 1.29 is 9.13 Å². The predicted octanol–water partition coefficient (Wildman–Crippen LogP) is 0.733. The number of halogens is 1. The van der Waals surface area contributed by atoms with Gasteiger partial charge >= 0.3 is 5.69 Å². The van der Waals surface area contributed by atoms with Crippen molar-refractivity contribution in [3.8, 4) is 5.75 Å². The molecule has 0 aliphatic carbocycles. The van der Waals surface area contributed by atoms with Crippen LogP contribution in [-0.4, -0.2) is 16.7 Å². The second kappa shape index (κ2) is 4.87. The van der Waals surface area contributed by atoms with Crippen molar-refractivity contribution in [2.75, 3.05) is 7.11 Å². The van der Waals surface area contributed by atoms with Crippen LogP contribution >= 0.6 is 0 Å². The zero-order valence-corrected chi connectivity index (χ0v) is 9.64. The highest BCUT2D eigenvalue weighted by Gasteiger charge is 2.04. The Balaban J connectivity index is 2.31. The first-order chi connectivity index (χ1) is 8.60. The van der Waals surface area contributed by atoms with Gasteiger partial charge in [-0.2, -0.15) is 0 Å². The Bertz CT molecular complexity index is 676. The maximum absolute atomic E-state index is 13.4. The molecule has 1 aromatic carbocycles. The monoisotopic (exact) mass is 250 g/mol. The fourth-order valence-electron chi connectivity index (χ4n) is 1.57. The number of rotatable bonds is 3. The maximum atomic E-state index is 13.4. The number of H-pyrrole nitrogens is 1. The number of hydrogen-bond acceptors (Lipinski definition) is 3. The van der Waals surface area contributed by atoms with Crippen LogP contribution in [0.5, 0.6) is 5.75 Å². The van der Waals surface area contributed by atoms with Crippen molar-refractivity contribution >= 4 is 0 Å². The lowest BCUT2D eigenvalue weighted by molar-refractivity contribution is 0.386. The molecule has 0 bridgehead atoms. The second-order valence-corrected chi connectivity index (χ2v) is 3.71. The quantitative estimate of drug-likeness (QED) is 0.873. The molecule has 0 aliphatic heterocycles. The summed E-state index contributed by atoms with van der Waals surface area (Å²) in [4.78, 5) is 24.5. The van der Waals surface area contributed by atoms with Gasteiger partial charge in [0.25, 0.3) is 5.56 Å². The third-order valence-electron chi connectivity index (χ3n) is 2.47. The molecule has 5 nitrogen and oxygen atoms in total. The molecule has 2 rings (SSSR count). The van der Waals surface area contributed by atoms with Crippen LogP contribution in [0.3, 0.4) is 0 Å². The molecule has 18 heavy (non-hydrogen) atoms. The highest BCUT2D eigenvalue weighted by molar-refractivity contribution is 5.29. The Morgan fingerprint density at radius 2 is 2.11 bits per heavy atom. The van der Waals surface area contributed by atoms with Gasteiger partial charge in [-0.25, -0.2) is 9.18 Å². The lowest BCUT2D eigenvalue weighted by atomic mass is 10.2. The van der Waals surface area contributed by atoms with Crippen LogP contribution in [0, 0.1) is 5.82 Å². The SMILES string of the molecule is COc1ccc(Cn2ccc(=O)[nH]c2=O)cc1F. The minimum absolute atomic E-state index is 0.146. The Labute approximate surface area is 101 Å². The summed E-state index contributed by atoms with van der Waals surface area (Å²) in [6.45, 7) is 0.177. The molecule has 94 valence electrons. The molecule has 0 spiro atoms. The molecule has 0 fully saturated rings. The summed E-state index contributed by atoms with van der Waals surface area (Å²) in [7, 11) is 1.38. The molecular formula is C12H11FN2O3. The van der Waals surface area contributed by atoms with Gasteiger partial charge < -0.3 is 4.74 Å². The van der Waals surface area contributed by atoms with Crippen molar-refractivity contribution in [3.63, 3.8) is 0 Å². The molecule has 0 atom stereocenters. The normalized spacial score (nSPS) is 10.3. The van der Waals surface area contributed by atoms with Crippen LogP contribution < -0.4 is 16.0 Å². The van der Waals surface area contributed by atoms with E-state index in [1.807, 2.05) is 0 Å². The Kier molecular flexibility index (Phi) is 3.27. The third-order valence-corrected chi connectivity index (χ3v) is 2.47. The molecule has 0 aliphatic rings. The van der Waals surface area contributed by atoms with Gasteiger partial charge in [-0.15, -0.1) is 0 Å². The molecule has 2 aromatic rings. The Morgan fingerprint density at radius 3 is 2.72 bits per heavy atom. The van der Waals surface area contributed by atoms with E-state index in [9.17, 15) is 14.0 Å². The first-order valence-corrected chi connectivity index (χ1v) is 5.22. The molecule has 0 saturated heterocycles. The molecular weight excluding hydrogens is 239 g/mol. The summed E-state index contributed by atoms with van der Waals surface area (Å²) < 4.78 is 19.5. The molecule has 0 radical (unpaired) electrons. The number of nitrogens with zero attached hydrogens (tertiary/aromatic N) is 1. The molecule has 1 heterocycles. The van der Waals surface area contributed by atoms with E-state index >= 15 is 0 Å². The molecule has 0 unspecified atom stereocenters. The standard InChI is InChI=1S/C12H11FN2O3/c1-18-10-3-2-8(6-9(10)13)7-15-5-4-11(16)14-12(15)17/h2-6H,7H2,1H3,(H,14,16,17). The largest absolute Gasteiger partial charge is 0.494 e. The van der Waals surface area contributed by atoms with Crippen LogP contribution in [0.4, 0.5) is 4.39 Å². The summed E-state index contributed by atoms with van der Waals surface area (Å²) in [5.74, 6) is -0.347. The Morgan fingerprint density at radius 1 is 1.33 bits per heavy atom. The van der Waals surface area contributed by atoms with E-state index in [4.69, 9.17) is 4.74 Å². The van der Waals surface area contributed by atoms with Gasteiger partial charge in [0.2, 0.25) is 0 Å². The van der Waals surface area contributed by atoms with E-state index < -0.39 is 17.1 Å². The molecule has 1 N–H and O–H groups in total. The maximum Gasteiger partial charge on any atom is 0.328 e. The van der Waals surface area contributed by atoms with E-state index in [-0.39, 0.29) is 12.3 Å².